The van der Waals surface area contributed by atoms with E-state index in [4.69, 9.17) is 32.8 Å². The quantitative estimate of drug-likeness (QED) is 0.191. The summed E-state index contributed by atoms with van der Waals surface area (Å²) in [6.07, 6.45) is -7.21. The van der Waals surface area contributed by atoms with Crippen LogP contribution in [-0.2, 0) is 57.2 Å². The van der Waals surface area contributed by atoms with Gasteiger partial charge in [-0.2, -0.15) is 0 Å². The highest BCUT2D eigenvalue weighted by atomic mass is 16.6. The van der Waals surface area contributed by atoms with Gasteiger partial charge >= 0.3 is 29.8 Å². The van der Waals surface area contributed by atoms with Gasteiger partial charge < -0.3 is 37.9 Å². The number of carbonyl (C=O) groups is 6. The number of fused-ring (bicyclic) bond motifs is 2. The molecule has 1 aromatic heterocycles. The Labute approximate surface area is 283 Å². The van der Waals surface area contributed by atoms with Crippen LogP contribution in [0.4, 0.5) is 0 Å². The van der Waals surface area contributed by atoms with Crippen LogP contribution in [0.25, 0.3) is 0 Å². The Morgan fingerprint density at radius 2 is 1.63 bits per heavy atom. The lowest BCUT2D eigenvalue weighted by Gasteiger charge is -2.62. The molecule has 14 heteroatoms. The van der Waals surface area contributed by atoms with Crippen LogP contribution in [-0.4, -0.2) is 84.0 Å². The maximum atomic E-state index is 15.4. The van der Waals surface area contributed by atoms with Crippen molar-refractivity contribution < 1.29 is 66.7 Å². The Morgan fingerprint density at radius 3 is 2.16 bits per heavy atom. The van der Waals surface area contributed by atoms with E-state index in [-0.39, 0.29) is 11.1 Å². The number of ether oxygens (including phenoxy) is 6. The van der Waals surface area contributed by atoms with E-state index >= 15 is 4.79 Å². The van der Waals surface area contributed by atoms with Crippen molar-refractivity contribution in [3.8, 4) is 0 Å². The highest BCUT2D eigenvalue weighted by Crippen LogP contribution is 2.71. The zero-order chi connectivity index (χ0) is 36.6. The molecule has 5 rings (SSSR count). The van der Waals surface area contributed by atoms with Crippen molar-refractivity contribution in [2.45, 2.75) is 97.1 Å². The van der Waals surface area contributed by atoms with E-state index in [1.807, 2.05) is 0 Å². The minimum absolute atomic E-state index is 0.0267. The summed E-state index contributed by atoms with van der Waals surface area (Å²) in [5, 5.41) is 12.3. The molecule has 0 radical (unpaired) electrons. The largest absolute Gasteiger partial charge is 0.472 e. The average Bonchev–Trinajstić information content (AvgIpc) is 3.59. The number of Topliss-reactive ketones (excluding diaryl/α,β-unsaturated/α-hetero) is 1. The van der Waals surface area contributed by atoms with E-state index in [9.17, 15) is 29.1 Å². The van der Waals surface area contributed by atoms with Gasteiger partial charge in [0.2, 0.25) is 6.10 Å². The first-order valence-electron chi connectivity index (χ1n) is 15.8. The van der Waals surface area contributed by atoms with Crippen molar-refractivity contribution >= 4 is 35.6 Å². The van der Waals surface area contributed by atoms with Crippen LogP contribution in [0.2, 0.25) is 0 Å². The number of carbonyl (C=O) groups excluding carboxylic acids is 6. The molecule has 2 aliphatic heterocycles. The van der Waals surface area contributed by atoms with E-state index < -0.39 is 112 Å². The molecule has 2 saturated heterocycles. The molecule has 3 heterocycles. The topological polar surface area (TPSA) is 191 Å². The van der Waals surface area contributed by atoms with Gasteiger partial charge in [0.25, 0.3) is 0 Å². The molecule has 1 N–H and O–H groups in total. The van der Waals surface area contributed by atoms with Gasteiger partial charge in [0.05, 0.1) is 48.9 Å². The normalized spacial score (nSPS) is 39.0. The molecule has 0 unspecified atom stereocenters. The molecule has 0 aromatic carbocycles. The zero-order valence-electron chi connectivity index (χ0n) is 28.7. The molecule has 266 valence electrons. The Balaban J connectivity index is 1.87. The van der Waals surface area contributed by atoms with Gasteiger partial charge in [-0.1, -0.05) is 27.0 Å². The summed E-state index contributed by atoms with van der Waals surface area (Å²) in [5.74, 6) is -7.57. The van der Waals surface area contributed by atoms with E-state index in [0.29, 0.717) is 5.56 Å². The first-order chi connectivity index (χ1) is 22.7. The molecule has 1 spiro atoms. The second kappa shape index (κ2) is 11.9. The number of aliphatic hydroxyl groups excluding tert-OH is 1. The lowest BCUT2D eigenvalue weighted by molar-refractivity contribution is -0.316. The minimum Gasteiger partial charge on any atom is -0.472 e. The Bertz CT molecular complexity index is 1620. The van der Waals surface area contributed by atoms with Gasteiger partial charge in [-0.25, -0.2) is 9.59 Å². The molecule has 14 nitrogen and oxygen atoms in total. The van der Waals surface area contributed by atoms with E-state index in [1.54, 1.807) is 13.8 Å². The molecule has 2 aliphatic carbocycles. The number of esters is 5. The van der Waals surface area contributed by atoms with Crippen molar-refractivity contribution in [1.82, 2.24) is 0 Å². The predicted octanol–water partition coefficient (Wildman–Crippen LogP) is 2.71. The smallest absolute Gasteiger partial charge is 0.351 e. The Kier molecular flexibility index (Phi) is 8.77. The first-order valence-corrected chi connectivity index (χ1v) is 15.8. The zero-order valence-corrected chi connectivity index (χ0v) is 28.7. The Morgan fingerprint density at radius 1 is 1.00 bits per heavy atom. The number of ketones is 1. The SMILES string of the molecule is C=C(C)C(=O)O[C@@H]1[C@H](OC(C)=O)C(C)(C)[C@@H](CC(=O)OC)[C@@]2(C)C(=O)[C@@H]3C(=C)[C@@]4(O[C@@H]12)[C@H](OC(C)=O)C(=O)O[C@@H](c1ccoc1)[C@]4(C)[C@H]3O. The molecular formula is C35H42O14. The molecule has 2 saturated carbocycles. The third kappa shape index (κ3) is 4.89. The first kappa shape index (κ1) is 36.0. The summed E-state index contributed by atoms with van der Waals surface area (Å²) < 4.78 is 40.7. The molecular weight excluding hydrogens is 644 g/mol. The third-order valence-electron chi connectivity index (χ3n) is 11.2. The maximum absolute atomic E-state index is 15.4. The fraction of sp³-hybridized carbons (Fsp3) is 0.600. The van der Waals surface area contributed by atoms with Crippen molar-refractivity contribution in [3.63, 3.8) is 0 Å². The number of rotatable bonds is 7. The molecule has 11 atom stereocenters. The van der Waals surface area contributed by atoms with E-state index in [0.717, 1.165) is 13.8 Å². The highest BCUT2D eigenvalue weighted by Gasteiger charge is 2.83. The maximum Gasteiger partial charge on any atom is 0.351 e. The fourth-order valence-electron chi connectivity index (χ4n) is 8.90. The van der Waals surface area contributed by atoms with E-state index in [1.165, 1.54) is 46.5 Å². The van der Waals surface area contributed by atoms with Gasteiger partial charge in [-0.05, 0) is 38.3 Å². The number of methoxy groups -OCH3 is 1. The van der Waals surface area contributed by atoms with Crippen LogP contribution in [0.3, 0.4) is 0 Å². The number of cyclic esters (lactones) is 1. The predicted molar refractivity (Wildman–Crippen MR) is 165 cm³/mol. The summed E-state index contributed by atoms with van der Waals surface area (Å²) >= 11 is 0. The molecule has 0 amide bonds. The summed E-state index contributed by atoms with van der Waals surface area (Å²) in [5.41, 5.74) is -6.98. The van der Waals surface area contributed by atoms with Gasteiger partial charge in [0.15, 0.2) is 11.9 Å². The number of aliphatic hydroxyl groups is 1. The summed E-state index contributed by atoms with van der Waals surface area (Å²) in [6, 6.07) is 1.50. The lowest BCUT2D eigenvalue weighted by Crippen LogP contribution is -2.74. The Hall–Kier alpha value is -4.30. The molecule has 1 aromatic rings. The number of furan rings is 1. The van der Waals surface area contributed by atoms with Crippen LogP contribution in [0.1, 0.15) is 66.6 Å². The second-order valence-corrected chi connectivity index (χ2v) is 14.3. The highest BCUT2D eigenvalue weighted by molar-refractivity contribution is 5.95. The molecule has 4 fully saturated rings. The number of hydrogen-bond acceptors (Lipinski definition) is 14. The standard InChI is InChI=1S/C35H42O14/c1-15(2)30(41)47-23-27(45-17(4)36)32(6,7)20(13-21(38)43-10)33(8)24(39)22-16(3)35(49-28(23)33)29(46-18(5)37)31(42)48-26(19-11-12-44-14-19)34(35,9)25(22)40/h11-12,14,20,22-23,25-29,40H,1,3,13H2,2,4-10H3/t20-,22+,23-,25+,26+,27+,28+,29-,33+,34+,35-/m1/s1. The van der Waals surface area contributed by atoms with Gasteiger partial charge in [0, 0.05) is 30.4 Å². The molecule has 2 bridgehead atoms. The van der Waals surface area contributed by atoms with Crippen molar-refractivity contribution in [2.75, 3.05) is 7.11 Å². The van der Waals surface area contributed by atoms with Crippen molar-refractivity contribution in [3.05, 3.63) is 48.5 Å². The summed E-state index contributed by atoms with van der Waals surface area (Å²) in [6.45, 7) is 17.8. The fourth-order valence-corrected chi connectivity index (χ4v) is 8.90. The molecule has 4 aliphatic rings. The molecule has 49 heavy (non-hydrogen) atoms. The van der Waals surface area contributed by atoms with Crippen LogP contribution < -0.4 is 0 Å². The van der Waals surface area contributed by atoms with Crippen molar-refractivity contribution in [1.29, 1.82) is 0 Å². The van der Waals surface area contributed by atoms with Gasteiger partial charge in [-0.3, -0.25) is 19.2 Å². The van der Waals surface area contributed by atoms with Crippen LogP contribution >= 0.6 is 0 Å². The lowest BCUT2D eigenvalue weighted by atomic mass is 9.49. The van der Waals surface area contributed by atoms with Crippen LogP contribution in [0.5, 0.6) is 0 Å². The second-order valence-electron chi connectivity index (χ2n) is 14.3. The van der Waals surface area contributed by atoms with Gasteiger partial charge in [-0.15, -0.1) is 0 Å². The average molecular weight is 687 g/mol. The van der Waals surface area contributed by atoms with Crippen LogP contribution in [0.15, 0.2) is 47.3 Å². The van der Waals surface area contributed by atoms with E-state index in [2.05, 4.69) is 13.2 Å². The van der Waals surface area contributed by atoms with Gasteiger partial charge in [0.1, 0.15) is 23.9 Å². The summed E-state index contributed by atoms with van der Waals surface area (Å²) in [4.78, 5) is 80.9. The third-order valence-corrected chi connectivity index (χ3v) is 11.2. The van der Waals surface area contributed by atoms with Crippen molar-refractivity contribution in [2.24, 2.45) is 28.1 Å². The monoisotopic (exact) mass is 686 g/mol. The minimum atomic E-state index is -2.22. The summed E-state index contributed by atoms with van der Waals surface area (Å²) in [7, 11) is 1.18. The van der Waals surface area contributed by atoms with Crippen LogP contribution in [0, 0.1) is 28.1 Å². The number of hydrogen-bond donors (Lipinski definition) is 1.